The Balaban J connectivity index is 1.63. The number of hydrogen-bond donors (Lipinski definition) is 1. The minimum absolute atomic E-state index is 0.0143. The molecule has 0 radical (unpaired) electrons. The van der Waals surface area contributed by atoms with E-state index in [0.29, 0.717) is 31.0 Å². The Hall–Kier alpha value is -2.61. The number of nitrogens with zero attached hydrogens (tertiary/aromatic N) is 4. The standard InChI is InChI=1S/C18H21N5O2S/c1-10-7-16(25-23-10)14-9-20-12(3)22-15(14)5-6-19-18(24)8-17-11(2)21-13(4)26-17/h7,9H,5-6,8H2,1-4H3,(H,19,24). The number of carbonyl (C=O) groups excluding carboxylic acids is 1. The van der Waals surface area contributed by atoms with Gasteiger partial charge in [-0.15, -0.1) is 11.3 Å². The summed E-state index contributed by atoms with van der Waals surface area (Å²) in [6.45, 7) is 8.08. The predicted molar refractivity (Wildman–Crippen MR) is 99.0 cm³/mol. The third-order valence-electron chi connectivity index (χ3n) is 3.89. The van der Waals surface area contributed by atoms with Gasteiger partial charge in [0.25, 0.3) is 0 Å². The van der Waals surface area contributed by atoms with Crippen LogP contribution in [0.2, 0.25) is 0 Å². The molecule has 0 saturated carbocycles. The van der Waals surface area contributed by atoms with E-state index < -0.39 is 0 Å². The van der Waals surface area contributed by atoms with Crippen LogP contribution in [-0.4, -0.2) is 32.6 Å². The van der Waals surface area contributed by atoms with Crippen LogP contribution in [0.15, 0.2) is 16.8 Å². The average molecular weight is 371 g/mol. The van der Waals surface area contributed by atoms with Gasteiger partial charge in [0.2, 0.25) is 5.91 Å². The Morgan fingerprint density at radius 2 is 2.04 bits per heavy atom. The molecular formula is C18H21N5O2S. The lowest BCUT2D eigenvalue weighted by atomic mass is 10.1. The normalized spacial score (nSPS) is 10.9. The number of amides is 1. The smallest absolute Gasteiger partial charge is 0.225 e. The van der Waals surface area contributed by atoms with Crippen molar-refractivity contribution in [1.82, 2.24) is 25.4 Å². The van der Waals surface area contributed by atoms with Gasteiger partial charge in [0, 0.05) is 30.1 Å². The molecule has 0 aliphatic carbocycles. The number of aryl methyl sites for hydroxylation is 4. The first-order chi connectivity index (χ1) is 12.4. The lowest BCUT2D eigenvalue weighted by molar-refractivity contribution is -0.120. The van der Waals surface area contributed by atoms with E-state index in [2.05, 4.69) is 25.4 Å². The molecule has 0 aliphatic rings. The van der Waals surface area contributed by atoms with Gasteiger partial charge in [0.1, 0.15) is 5.82 Å². The first-order valence-electron chi connectivity index (χ1n) is 8.38. The maximum atomic E-state index is 12.2. The van der Waals surface area contributed by atoms with Crippen molar-refractivity contribution in [2.45, 2.75) is 40.5 Å². The van der Waals surface area contributed by atoms with Gasteiger partial charge in [-0.2, -0.15) is 0 Å². The first kappa shape index (κ1) is 18.2. The van der Waals surface area contributed by atoms with Crippen molar-refractivity contribution in [3.8, 4) is 11.3 Å². The van der Waals surface area contributed by atoms with Crippen LogP contribution in [0.25, 0.3) is 11.3 Å². The molecule has 136 valence electrons. The number of hydrogen-bond acceptors (Lipinski definition) is 7. The third kappa shape index (κ3) is 4.32. The molecular weight excluding hydrogens is 350 g/mol. The summed E-state index contributed by atoms with van der Waals surface area (Å²) in [4.78, 5) is 26.3. The Labute approximate surface area is 155 Å². The molecule has 0 atom stereocenters. The fourth-order valence-corrected chi connectivity index (χ4v) is 3.61. The highest BCUT2D eigenvalue weighted by Gasteiger charge is 2.14. The highest BCUT2D eigenvalue weighted by Crippen LogP contribution is 2.23. The molecule has 0 saturated heterocycles. The van der Waals surface area contributed by atoms with E-state index in [4.69, 9.17) is 4.52 Å². The SMILES string of the molecule is Cc1cc(-c2cnc(C)nc2CCNC(=O)Cc2sc(C)nc2C)on1. The quantitative estimate of drug-likeness (QED) is 0.716. The van der Waals surface area contributed by atoms with Crippen LogP contribution in [0.4, 0.5) is 0 Å². The molecule has 1 amide bonds. The van der Waals surface area contributed by atoms with Gasteiger partial charge in [-0.1, -0.05) is 5.16 Å². The fourth-order valence-electron chi connectivity index (χ4n) is 2.67. The fraction of sp³-hybridized carbons (Fsp3) is 0.389. The van der Waals surface area contributed by atoms with Crippen molar-refractivity contribution in [2.75, 3.05) is 6.54 Å². The van der Waals surface area contributed by atoms with Gasteiger partial charge in [-0.3, -0.25) is 4.79 Å². The second-order valence-corrected chi connectivity index (χ2v) is 7.42. The van der Waals surface area contributed by atoms with Gasteiger partial charge < -0.3 is 9.84 Å². The van der Waals surface area contributed by atoms with E-state index in [0.717, 1.165) is 32.5 Å². The second-order valence-electron chi connectivity index (χ2n) is 6.13. The van der Waals surface area contributed by atoms with Crippen molar-refractivity contribution in [3.63, 3.8) is 0 Å². The molecule has 3 aromatic rings. The summed E-state index contributed by atoms with van der Waals surface area (Å²) in [6, 6.07) is 1.85. The maximum absolute atomic E-state index is 12.2. The predicted octanol–water partition coefficient (Wildman–Crippen LogP) is 2.72. The van der Waals surface area contributed by atoms with E-state index in [1.165, 1.54) is 0 Å². The van der Waals surface area contributed by atoms with Crippen molar-refractivity contribution in [1.29, 1.82) is 0 Å². The summed E-state index contributed by atoms with van der Waals surface area (Å²) in [6.07, 6.45) is 2.68. The molecule has 3 heterocycles. The van der Waals surface area contributed by atoms with Crippen LogP contribution in [0.1, 0.15) is 32.8 Å². The number of carbonyl (C=O) groups is 1. The first-order valence-corrected chi connectivity index (χ1v) is 9.20. The molecule has 7 nitrogen and oxygen atoms in total. The van der Waals surface area contributed by atoms with Crippen LogP contribution in [-0.2, 0) is 17.6 Å². The molecule has 0 aliphatic heterocycles. The van der Waals surface area contributed by atoms with Crippen molar-refractivity contribution in [2.24, 2.45) is 0 Å². The Morgan fingerprint density at radius 1 is 1.23 bits per heavy atom. The zero-order chi connectivity index (χ0) is 18.7. The van der Waals surface area contributed by atoms with Crippen LogP contribution < -0.4 is 5.32 Å². The molecule has 3 rings (SSSR count). The summed E-state index contributed by atoms with van der Waals surface area (Å²) in [7, 11) is 0. The van der Waals surface area contributed by atoms with Crippen LogP contribution in [0.3, 0.4) is 0 Å². The number of nitrogens with one attached hydrogen (secondary N) is 1. The van der Waals surface area contributed by atoms with Crippen LogP contribution in [0, 0.1) is 27.7 Å². The number of thiazole rings is 1. The van der Waals surface area contributed by atoms with Crippen molar-refractivity contribution in [3.05, 3.63) is 45.1 Å². The van der Waals surface area contributed by atoms with Gasteiger partial charge in [0.05, 0.1) is 34.1 Å². The van der Waals surface area contributed by atoms with E-state index >= 15 is 0 Å². The lowest BCUT2D eigenvalue weighted by Crippen LogP contribution is -2.27. The number of rotatable bonds is 6. The maximum Gasteiger partial charge on any atom is 0.225 e. The molecule has 0 bridgehead atoms. The average Bonchev–Trinajstić information content (AvgIpc) is 3.13. The van der Waals surface area contributed by atoms with Crippen molar-refractivity contribution >= 4 is 17.2 Å². The molecule has 1 N–H and O–H groups in total. The lowest BCUT2D eigenvalue weighted by Gasteiger charge is -2.08. The zero-order valence-corrected chi connectivity index (χ0v) is 16.1. The largest absolute Gasteiger partial charge is 0.356 e. The summed E-state index contributed by atoms with van der Waals surface area (Å²) in [5.74, 6) is 1.31. The summed E-state index contributed by atoms with van der Waals surface area (Å²) < 4.78 is 5.33. The zero-order valence-electron chi connectivity index (χ0n) is 15.3. The molecule has 0 spiro atoms. The van der Waals surface area contributed by atoms with Crippen LogP contribution in [0.5, 0.6) is 0 Å². The minimum Gasteiger partial charge on any atom is -0.356 e. The van der Waals surface area contributed by atoms with E-state index in [-0.39, 0.29) is 5.91 Å². The molecule has 3 aromatic heterocycles. The van der Waals surface area contributed by atoms with Gasteiger partial charge in [0.15, 0.2) is 5.76 Å². The Kier molecular flexibility index (Phi) is 5.41. The van der Waals surface area contributed by atoms with E-state index in [1.54, 1.807) is 17.5 Å². The summed E-state index contributed by atoms with van der Waals surface area (Å²) in [5.41, 5.74) is 3.37. The highest BCUT2D eigenvalue weighted by molar-refractivity contribution is 7.11. The van der Waals surface area contributed by atoms with Crippen LogP contribution >= 0.6 is 11.3 Å². The van der Waals surface area contributed by atoms with Crippen molar-refractivity contribution < 1.29 is 9.32 Å². The molecule has 0 aromatic carbocycles. The molecule has 8 heteroatoms. The number of aromatic nitrogens is 4. The second kappa shape index (κ2) is 7.74. The Morgan fingerprint density at radius 3 is 2.69 bits per heavy atom. The van der Waals surface area contributed by atoms with E-state index in [1.807, 2.05) is 33.8 Å². The van der Waals surface area contributed by atoms with Gasteiger partial charge in [-0.25, -0.2) is 15.0 Å². The van der Waals surface area contributed by atoms with Gasteiger partial charge >= 0.3 is 0 Å². The topological polar surface area (TPSA) is 93.8 Å². The summed E-state index contributed by atoms with van der Waals surface area (Å²) >= 11 is 1.56. The monoisotopic (exact) mass is 371 g/mol. The molecule has 0 unspecified atom stereocenters. The minimum atomic E-state index is -0.0143. The molecule has 26 heavy (non-hydrogen) atoms. The van der Waals surface area contributed by atoms with Gasteiger partial charge in [-0.05, 0) is 27.7 Å². The molecule has 0 fully saturated rings. The highest BCUT2D eigenvalue weighted by atomic mass is 32.1. The summed E-state index contributed by atoms with van der Waals surface area (Å²) in [5, 5.41) is 7.85. The Bertz CT molecular complexity index is 932. The van der Waals surface area contributed by atoms with E-state index in [9.17, 15) is 4.79 Å². The third-order valence-corrected chi connectivity index (χ3v) is 4.96.